The van der Waals surface area contributed by atoms with Crippen LogP contribution in [0.4, 0.5) is 0 Å². The van der Waals surface area contributed by atoms with Crippen molar-refractivity contribution in [2.45, 2.75) is 84.3 Å². The van der Waals surface area contributed by atoms with Crippen LogP contribution in [0.15, 0.2) is 0 Å². The Morgan fingerprint density at radius 3 is 2.38 bits per heavy atom. The number of hydrogen-bond donors (Lipinski definition) is 1. The Labute approximate surface area is 129 Å². The van der Waals surface area contributed by atoms with Crippen LogP contribution in [-0.4, -0.2) is 29.1 Å². The van der Waals surface area contributed by atoms with E-state index in [1.165, 1.54) is 38.5 Å². The van der Waals surface area contributed by atoms with E-state index < -0.39 is 0 Å². The average Bonchev–Trinajstić information content (AvgIpc) is 2.96. The van der Waals surface area contributed by atoms with Crippen LogP contribution in [0.25, 0.3) is 0 Å². The summed E-state index contributed by atoms with van der Waals surface area (Å²) >= 11 is 0. The minimum atomic E-state index is -0.333. The normalized spacial score (nSPS) is 36.0. The van der Waals surface area contributed by atoms with Crippen LogP contribution in [0, 0.1) is 17.3 Å². The highest BCUT2D eigenvalue weighted by Crippen LogP contribution is 2.53. The molecule has 1 amide bonds. The molecule has 120 valence electrons. The second-order valence-corrected chi connectivity index (χ2v) is 8.27. The molecule has 3 fully saturated rings. The first-order chi connectivity index (χ1) is 9.92. The number of amides is 1. The van der Waals surface area contributed by atoms with E-state index in [9.17, 15) is 4.79 Å². The van der Waals surface area contributed by atoms with Gasteiger partial charge in [-0.3, -0.25) is 10.1 Å². The molecule has 0 bridgehead atoms. The zero-order chi connectivity index (χ0) is 15.3. The van der Waals surface area contributed by atoms with Crippen molar-refractivity contribution >= 4 is 5.91 Å². The lowest BCUT2D eigenvalue weighted by Gasteiger charge is -2.33. The standard InChI is InChI=1S/C18H32N2O/c1-5-17(4)16(21)20(12-18(10-11-18)13(2)3)15(19-17)14-8-6-7-9-14/h13-15,19H,5-12H2,1-4H3. The molecule has 0 spiro atoms. The molecule has 3 nitrogen and oxygen atoms in total. The zero-order valence-electron chi connectivity index (χ0n) is 14.2. The van der Waals surface area contributed by atoms with Crippen molar-refractivity contribution in [3.8, 4) is 0 Å². The fourth-order valence-corrected chi connectivity index (χ4v) is 4.40. The van der Waals surface area contributed by atoms with Crippen LogP contribution >= 0.6 is 0 Å². The summed E-state index contributed by atoms with van der Waals surface area (Å²) in [5.74, 6) is 1.71. The molecule has 2 atom stereocenters. The third-order valence-corrected chi connectivity index (χ3v) is 6.69. The van der Waals surface area contributed by atoms with E-state index >= 15 is 0 Å². The third kappa shape index (κ3) is 2.52. The zero-order valence-corrected chi connectivity index (χ0v) is 14.2. The van der Waals surface area contributed by atoms with Crippen LogP contribution in [-0.2, 0) is 4.79 Å². The third-order valence-electron chi connectivity index (χ3n) is 6.69. The molecule has 3 heteroatoms. The summed E-state index contributed by atoms with van der Waals surface area (Å²) in [5, 5.41) is 3.72. The summed E-state index contributed by atoms with van der Waals surface area (Å²) in [6.07, 6.45) is 9.03. The molecular weight excluding hydrogens is 260 g/mol. The molecule has 0 aromatic carbocycles. The highest BCUT2D eigenvalue weighted by molar-refractivity contribution is 5.88. The summed E-state index contributed by atoms with van der Waals surface area (Å²) in [7, 11) is 0. The van der Waals surface area contributed by atoms with E-state index in [0.717, 1.165) is 13.0 Å². The van der Waals surface area contributed by atoms with E-state index in [2.05, 4.69) is 37.9 Å². The Bertz CT molecular complexity index is 409. The fourth-order valence-electron chi connectivity index (χ4n) is 4.40. The van der Waals surface area contributed by atoms with E-state index in [4.69, 9.17) is 0 Å². The van der Waals surface area contributed by atoms with E-state index in [1.54, 1.807) is 0 Å². The molecule has 1 saturated heterocycles. The Hall–Kier alpha value is -0.570. The van der Waals surface area contributed by atoms with Crippen molar-refractivity contribution in [2.75, 3.05) is 6.54 Å². The smallest absolute Gasteiger partial charge is 0.243 e. The Balaban J connectivity index is 1.81. The van der Waals surface area contributed by atoms with Crippen LogP contribution in [0.2, 0.25) is 0 Å². The molecule has 2 saturated carbocycles. The van der Waals surface area contributed by atoms with E-state index in [1.807, 2.05) is 0 Å². The average molecular weight is 292 g/mol. The van der Waals surface area contributed by atoms with Gasteiger partial charge in [0.15, 0.2) is 0 Å². The van der Waals surface area contributed by atoms with Crippen LogP contribution in [0.3, 0.4) is 0 Å². The van der Waals surface area contributed by atoms with E-state index in [0.29, 0.717) is 29.3 Å². The van der Waals surface area contributed by atoms with Gasteiger partial charge < -0.3 is 4.90 Å². The van der Waals surface area contributed by atoms with Crippen molar-refractivity contribution in [3.05, 3.63) is 0 Å². The van der Waals surface area contributed by atoms with Crippen molar-refractivity contribution in [3.63, 3.8) is 0 Å². The van der Waals surface area contributed by atoms with Crippen LogP contribution in [0.1, 0.15) is 72.6 Å². The fraction of sp³-hybridized carbons (Fsp3) is 0.944. The Morgan fingerprint density at radius 1 is 1.29 bits per heavy atom. The number of carbonyl (C=O) groups excluding carboxylic acids is 1. The molecule has 0 aromatic heterocycles. The van der Waals surface area contributed by atoms with Gasteiger partial charge in [-0.15, -0.1) is 0 Å². The highest BCUT2D eigenvalue weighted by atomic mass is 16.2. The second-order valence-electron chi connectivity index (χ2n) is 8.27. The summed E-state index contributed by atoms with van der Waals surface area (Å²) in [4.78, 5) is 15.3. The number of rotatable bonds is 5. The topological polar surface area (TPSA) is 32.3 Å². The maximum Gasteiger partial charge on any atom is 0.243 e. The number of hydrogen-bond acceptors (Lipinski definition) is 2. The summed E-state index contributed by atoms with van der Waals surface area (Å²) in [6.45, 7) is 9.87. The van der Waals surface area contributed by atoms with Gasteiger partial charge in [0, 0.05) is 6.54 Å². The maximum atomic E-state index is 13.0. The molecule has 1 N–H and O–H groups in total. The monoisotopic (exact) mass is 292 g/mol. The van der Waals surface area contributed by atoms with Gasteiger partial charge in [-0.25, -0.2) is 0 Å². The van der Waals surface area contributed by atoms with Crippen molar-refractivity contribution in [1.29, 1.82) is 0 Å². The molecule has 2 unspecified atom stereocenters. The lowest BCUT2D eigenvalue weighted by Crippen LogP contribution is -2.46. The molecule has 1 heterocycles. The molecular formula is C18H32N2O. The lowest BCUT2D eigenvalue weighted by molar-refractivity contribution is -0.134. The maximum absolute atomic E-state index is 13.0. The van der Waals surface area contributed by atoms with Gasteiger partial charge in [0.25, 0.3) is 0 Å². The first kappa shape index (κ1) is 15.3. The SMILES string of the molecule is CCC1(C)NC(C2CCCC2)N(CC2(C(C)C)CC2)C1=O. The van der Waals surface area contributed by atoms with Gasteiger partial charge in [-0.1, -0.05) is 33.6 Å². The van der Waals surface area contributed by atoms with Crippen molar-refractivity contribution < 1.29 is 4.79 Å². The van der Waals surface area contributed by atoms with Crippen LogP contribution < -0.4 is 5.32 Å². The number of nitrogens with zero attached hydrogens (tertiary/aromatic N) is 1. The van der Waals surface area contributed by atoms with Gasteiger partial charge >= 0.3 is 0 Å². The predicted molar refractivity (Wildman–Crippen MR) is 85.8 cm³/mol. The van der Waals surface area contributed by atoms with Gasteiger partial charge in [0.1, 0.15) is 0 Å². The number of carbonyl (C=O) groups is 1. The summed E-state index contributed by atoms with van der Waals surface area (Å²) < 4.78 is 0. The van der Waals surface area contributed by atoms with Crippen molar-refractivity contribution in [2.24, 2.45) is 17.3 Å². The molecule has 1 aliphatic heterocycles. The Kier molecular flexibility index (Phi) is 3.84. The van der Waals surface area contributed by atoms with E-state index in [-0.39, 0.29) is 5.54 Å². The first-order valence-corrected chi connectivity index (χ1v) is 9.01. The largest absolute Gasteiger partial charge is 0.325 e. The lowest BCUT2D eigenvalue weighted by atomic mass is 9.90. The van der Waals surface area contributed by atoms with Crippen LogP contribution in [0.5, 0.6) is 0 Å². The molecule has 0 aromatic rings. The Morgan fingerprint density at radius 2 is 1.90 bits per heavy atom. The molecule has 0 radical (unpaired) electrons. The molecule has 3 aliphatic rings. The second kappa shape index (κ2) is 5.26. The minimum absolute atomic E-state index is 0.293. The number of nitrogens with one attached hydrogen (secondary N) is 1. The summed E-state index contributed by atoms with van der Waals surface area (Å²) in [6, 6.07) is 0. The highest BCUT2D eigenvalue weighted by Gasteiger charge is 2.54. The quantitative estimate of drug-likeness (QED) is 0.840. The minimum Gasteiger partial charge on any atom is -0.325 e. The van der Waals surface area contributed by atoms with Crippen molar-refractivity contribution in [1.82, 2.24) is 10.2 Å². The molecule has 2 aliphatic carbocycles. The molecule has 3 rings (SSSR count). The summed E-state index contributed by atoms with van der Waals surface area (Å²) in [5.41, 5.74) is 0.0769. The van der Waals surface area contributed by atoms with Gasteiger partial charge in [0.05, 0.1) is 11.7 Å². The predicted octanol–water partition coefficient (Wildman–Crippen LogP) is 3.54. The van der Waals surface area contributed by atoms with Gasteiger partial charge in [-0.05, 0) is 56.3 Å². The van der Waals surface area contributed by atoms with Gasteiger partial charge in [0.2, 0.25) is 5.91 Å². The molecule has 21 heavy (non-hydrogen) atoms. The first-order valence-electron chi connectivity index (χ1n) is 9.01. The van der Waals surface area contributed by atoms with Gasteiger partial charge in [-0.2, -0.15) is 0 Å².